The second-order valence-corrected chi connectivity index (χ2v) is 7.10. The topological polar surface area (TPSA) is 67.4 Å². The molecular formula is C19H26N2O3. The van der Waals surface area contributed by atoms with E-state index in [1.165, 1.54) is 7.11 Å². The highest BCUT2D eigenvalue weighted by Gasteiger charge is 2.57. The van der Waals surface area contributed by atoms with Crippen LogP contribution >= 0.6 is 0 Å². The van der Waals surface area contributed by atoms with Crippen LogP contribution in [0.3, 0.4) is 0 Å². The highest BCUT2D eigenvalue weighted by molar-refractivity contribution is 5.84. The Labute approximate surface area is 143 Å². The number of carbonyl (C=O) groups excluding carboxylic acids is 2. The van der Waals surface area contributed by atoms with Gasteiger partial charge in [0, 0.05) is 12.5 Å². The van der Waals surface area contributed by atoms with Crippen molar-refractivity contribution in [1.29, 1.82) is 0 Å². The maximum absolute atomic E-state index is 12.5. The Morgan fingerprint density at radius 2 is 1.96 bits per heavy atom. The van der Waals surface area contributed by atoms with Crippen LogP contribution < -0.4 is 10.6 Å². The molecule has 1 saturated heterocycles. The number of aryl methyl sites for hydroxylation is 1. The van der Waals surface area contributed by atoms with Gasteiger partial charge < -0.3 is 15.4 Å². The molecule has 2 unspecified atom stereocenters. The summed E-state index contributed by atoms with van der Waals surface area (Å²) in [4.78, 5) is 24.6. The molecule has 2 fully saturated rings. The molecule has 2 aliphatic rings. The minimum Gasteiger partial charge on any atom is -0.468 e. The molecule has 1 aliphatic heterocycles. The van der Waals surface area contributed by atoms with E-state index in [0.717, 1.165) is 43.5 Å². The summed E-state index contributed by atoms with van der Waals surface area (Å²) in [6, 6.07) is 7.79. The van der Waals surface area contributed by atoms with Gasteiger partial charge >= 0.3 is 5.97 Å². The van der Waals surface area contributed by atoms with E-state index < -0.39 is 5.92 Å². The second-order valence-electron chi connectivity index (χ2n) is 7.10. The zero-order valence-electron chi connectivity index (χ0n) is 14.4. The Balaban J connectivity index is 1.60. The Morgan fingerprint density at radius 1 is 1.29 bits per heavy atom. The minimum atomic E-state index is -0.456. The van der Waals surface area contributed by atoms with Crippen molar-refractivity contribution in [3.63, 3.8) is 0 Å². The number of nitrogens with one attached hydrogen (secondary N) is 2. The maximum Gasteiger partial charge on any atom is 0.314 e. The first-order valence-corrected chi connectivity index (χ1v) is 8.68. The molecule has 3 rings (SSSR count). The van der Waals surface area contributed by atoms with Crippen LogP contribution in [-0.4, -0.2) is 38.6 Å². The molecule has 0 radical (unpaired) electrons. The lowest BCUT2D eigenvalue weighted by Gasteiger charge is -2.23. The Hall–Kier alpha value is -1.88. The van der Waals surface area contributed by atoms with Gasteiger partial charge in [0.15, 0.2) is 0 Å². The van der Waals surface area contributed by atoms with Gasteiger partial charge in [-0.2, -0.15) is 0 Å². The first-order chi connectivity index (χ1) is 11.6. The molecule has 0 bridgehead atoms. The molecule has 130 valence electrons. The lowest BCUT2D eigenvalue weighted by atomic mass is 9.91. The van der Waals surface area contributed by atoms with Crippen LogP contribution in [-0.2, 0) is 14.3 Å². The molecule has 1 aromatic rings. The molecule has 1 aliphatic carbocycles. The van der Waals surface area contributed by atoms with Crippen molar-refractivity contribution in [3.05, 3.63) is 35.4 Å². The third kappa shape index (κ3) is 3.46. The van der Waals surface area contributed by atoms with Crippen LogP contribution in [0.25, 0.3) is 0 Å². The molecule has 24 heavy (non-hydrogen) atoms. The van der Waals surface area contributed by atoms with E-state index in [9.17, 15) is 9.59 Å². The van der Waals surface area contributed by atoms with Crippen molar-refractivity contribution in [2.75, 3.05) is 26.7 Å². The van der Waals surface area contributed by atoms with Gasteiger partial charge in [-0.1, -0.05) is 29.8 Å². The SMILES string of the molecule is COC(=O)C(CNC(=O)C1CC12CCNCC2)c1ccc(C)cc1. The van der Waals surface area contributed by atoms with Crippen molar-refractivity contribution in [3.8, 4) is 0 Å². The molecule has 0 aromatic heterocycles. The van der Waals surface area contributed by atoms with Gasteiger partial charge in [-0.15, -0.1) is 0 Å². The van der Waals surface area contributed by atoms with Crippen molar-refractivity contribution in [2.24, 2.45) is 11.3 Å². The van der Waals surface area contributed by atoms with Gasteiger partial charge in [0.2, 0.25) is 5.91 Å². The first-order valence-electron chi connectivity index (χ1n) is 8.68. The molecular weight excluding hydrogens is 304 g/mol. The summed E-state index contributed by atoms with van der Waals surface area (Å²) in [5, 5.41) is 6.33. The van der Waals surface area contributed by atoms with Gasteiger partial charge in [0.05, 0.1) is 13.0 Å². The van der Waals surface area contributed by atoms with Gasteiger partial charge in [-0.05, 0) is 50.3 Å². The summed E-state index contributed by atoms with van der Waals surface area (Å²) in [6.45, 7) is 4.29. The van der Waals surface area contributed by atoms with Crippen LogP contribution in [0.1, 0.15) is 36.3 Å². The number of ether oxygens (including phenoxy) is 1. The van der Waals surface area contributed by atoms with Gasteiger partial charge in [-0.25, -0.2) is 0 Å². The average Bonchev–Trinajstić information content (AvgIpc) is 3.29. The van der Waals surface area contributed by atoms with Crippen molar-refractivity contribution < 1.29 is 14.3 Å². The summed E-state index contributed by atoms with van der Waals surface area (Å²) >= 11 is 0. The van der Waals surface area contributed by atoms with Gasteiger partial charge in [0.1, 0.15) is 0 Å². The van der Waals surface area contributed by atoms with Crippen molar-refractivity contribution in [1.82, 2.24) is 10.6 Å². The summed E-state index contributed by atoms with van der Waals surface area (Å²) in [6.07, 6.45) is 3.13. The van der Waals surface area contributed by atoms with Crippen LogP contribution in [0.15, 0.2) is 24.3 Å². The van der Waals surface area contributed by atoms with E-state index in [4.69, 9.17) is 4.74 Å². The highest BCUT2D eigenvalue weighted by atomic mass is 16.5. The third-order valence-electron chi connectivity index (χ3n) is 5.55. The zero-order chi connectivity index (χ0) is 17.2. The fraction of sp³-hybridized carbons (Fsp3) is 0.579. The lowest BCUT2D eigenvalue weighted by molar-refractivity contribution is -0.142. The van der Waals surface area contributed by atoms with Crippen LogP contribution in [0.5, 0.6) is 0 Å². The van der Waals surface area contributed by atoms with Crippen LogP contribution in [0, 0.1) is 18.3 Å². The number of esters is 1. The minimum absolute atomic E-state index is 0.0814. The standard InChI is InChI=1S/C19H26N2O3/c1-13-3-5-14(6-4-13)15(18(23)24-2)12-21-17(22)16-11-19(16)7-9-20-10-8-19/h3-6,15-16,20H,7-12H2,1-2H3,(H,21,22). The molecule has 1 spiro atoms. The van der Waals surface area contributed by atoms with E-state index in [1.54, 1.807) is 0 Å². The first kappa shape index (κ1) is 17.0. The quantitative estimate of drug-likeness (QED) is 0.807. The summed E-state index contributed by atoms with van der Waals surface area (Å²) in [5.74, 6) is -0.581. The van der Waals surface area contributed by atoms with E-state index in [0.29, 0.717) is 6.54 Å². The largest absolute Gasteiger partial charge is 0.468 e. The van der Waals surface area contributed by atoms with Crippen LogP contribution in [0.2, 0.25) is 0 Å². The fourth-order valence-electron chi connectivity index (χ4n) is 3.80. The lowest BCUT2D eigenvalue weighted by Crippen LogP contribution is -2.36. The molecule has 1 saturated carbocycles. The Kier molecular flexibility index (Phi) is 4.90. The third-order valence-corrected chi connectivity index (χ3v) is 5.55. The summed E-state index contributed by atoms with van der Waals surface area (Å²) in [7, 11) is 1.39. The van der Waals surface area contributed by atoms with E-state index in [2.05, 4.69) is 10.6 Å². The van der Waals surface area contributed by atoms with Gasteiger partial charge in [0.25, 0.3) is 0 Å². The number of rotatable bonds is 5. The molecule has 1 amide bonds. The van der Waals surface area contributed by atoms with Gasteiger partial charge in [-0.3, -0.25) is 9.59 Å². The molecule has 5 nitrogen and oxygen atoms in total. The van der Waals surface area contributed by atoms with Crippen LogP contribution in [0.4, 0.5) is 0 Å². The predicted octanol–water partition coefficient (Wildman–Crippen LogP) is 1.76. The Morgan fingerprint density at radius 3 is 2.58 bits per heavy atom. The summed E-state index contributed by atoms with van der Waals surface area (Å²) in [5.41, 5.74) is 2.22. The molecule has 2 N–H and O–H groups in total. The smallest absolute Gasteiger partial charge is 0.314 e. The number of piperidine rings is 1. The number of amides is 1. The van der Waals surface area contributed by atoms with E-state index in [1.807, 2.05) is 31.2 Å². The molecule has 1 aromatic carbocycles. The zero-order valence-corrected chi connectivity index (χ0v) is 14.4. The molecule has 5 heteroatoms. The second kappa shape index (κ2) is 6.93. The number of hydrogen-bond donors (Lipinski definition) is 2. The number of methoxy groups -OCH3 is 1. The maximum atomic E-state index is 12.5. The number of benzene rings is 1. The fourth-order valence-corrected chi connectivity index (χ4v) is 3.80. The van der Waals surface area contributed by atoms with Crippen molar-refractivity contribution >= 4 is 11.9 Å². The number of carbonyl (C=O) groups is 2. The van der Waals surface area contributed by atoms with E-state index >= 15 is 0 Å². The number of hydrogen-bond acceptors (Lipinski definition) is 4. The molecule has 2 atom stereocenters. The summed E-state index contributed by atoms with van der Waals surface area (Å²) < 4.78 is 4.92. The van der Waals surface area contributed by atoms with E-state index in [-0.39, 0.29) is 23.2 Å². The Bertz CT molecular complexity index is 606. The highest BCUT2D eigenvalue weighted by Crippen LogP contribution is 2.58. The van der Waals surface area contributed by atoms with Crippen molar-refractivity contribution in [2.45, 2.75) is 32.1 Å². The average molecular weight is 330 g/mol. The molecule has 1 heterocycles. The normalized spacial score (nSPS) is 22.7. The monoisotopic (exact) mass is 330 g/mol. The predicted molar refractivity (Wildman–Crippen MR) is 91.6 cm³/mol.